The average Bonchev–Trinajstić information content (AvgIpc) is 3.20. The summed E-state index contributed by atoms with van der Waals surface area (Å²) in [6.07, 6.45) is 28.6. The Morgan fingerprint density at radius 3 is 0.966 bits per heavy atom. The first-order valence-corrected chi connectivity index (χ1v) is 24.4. The standard InChI is InChI=1S/2C24H34O4S.Ca/c2*1-2-3-4-5-6-7-8-9-10-11-13-21-14-12-15-23(20-21)28-22-16-18-24(19-17-22)29(25,26)27;/h2*12,14-20H,2-11,13H2,1H3,(H,25,26,27);/q;;+2/p-2. The van der Waals surface area contributed by atoms with Gasteiger partial charge < -0.3 is 18.6 Å². The summed E-state index contributed by atoms with van der Waals surface area (Å²) < 4.78 is 77.5. The Balaban J connectivity index is 0.000000400. The normalized spacial score (nSPS) is 11.3. The van der Waals surface area contributed by atoms with Crippen LogP contribution in [-0.4, -0.2) is 63.7 Å². The molecule has 0 saturated carbocycles. The molecule has 0 heterocycles. The van der Waals surface area contributed by atoms with Crippen LogP contribution in [0.3, 0.4) is 0 Å². The molecule has 0 atom stereocenters. The van der Waals surface area contributed by atoms with Gasteiger partial charge in [-0.3, -0.25) is 0 Å². The van der Waals surface area contributed by atoms with E-state index in [0.717, 1.165) is 12.8 Å². The molecule has 0 radical (unpaired) electrons. The fourth-order valence-corrected chi connectivity index (χ4v) is 7.72. The molecule has 4 rings (SSSR count). The fourth-order valence-electron chi connectivity index (χ4n) is 6.78. The van der Waals surface area contributed by atoms with Crippen LogP contribution in [0.5, 0.6) is 23.0 Å². The molecule has 0 aliphatic heterocycles. The molecule has 320 valence electrons. The van der Waals surface area contributed by atoms with Gasteiger partial charge in [-0.15, -0.1) is 0 Å². The molecule has 0 amide bonds. The third kappa shape index (κ3) is 24.0. The number of ether oxygens (including phenoxy) is 2. The van der Waals surface area contributed by atoms with Gasteiger partial charge in [0, 0.05) is 0 Å². The first-order chi connectivity index (χ1) is 28.0. The predicted molar refractivity (Wildman–Crippen MR) is 239 cm³/mol. The molecule has 0 aromatic heterocycles. The van der Waals surface area contributed by atoms with E-state index >= 15 is 0 Å². The number of rotatable bonds is 28. The van der Waals surface area contributed by atoms with Crippen molar-refractivity contribution < 1.29 is 35.4 Å². The van der Waals surface area contributed by atoms with E-state index in [1.807, 2.05) is 36.4 Å². The number of aryl methyl sites for hydroxylation is 2. The molecule has 8 nitrogen and oxygen atoms in total. The largest absolute Gasteiger partial charge is 2.00 e. The van der Waals surface area contributed by atoms with Gasteiger partial charge in [0.25, 0.3) is 0 Å². The Kier molecular flexibility index (Phi) is 27.3. The second-order valence-electron chi connectivity index (χ2n) is 15.2. The van der Waals surface area contributed by atoms with Crippen LogP contribution in [0.4, 0.5) is 0 Å². The van der Waals surface area contributed by atoms with Crippen molar-refractivity contribution in [1.82, 2.24) is 0 Å². The van der Waals surface area contributed by atoms with Crippen molar-refractivity contribution in [3.63, 3.8) is 0 Å². The summed E-state index contributed by atoms with van der Waals surface area (Å²) in [6.45, 7) is 4.51. The zero-order valence-electron chi connectivity index (χ0n) is 35.6. The van der Waals surface area contributed by atoms with E-state index < -0.39 is 20.2 Å². The Hall–Kier alpha value is -2.44. The first-order valence-electron chi connectivity index (χ1n) is 21.6. The Labute approximate surface area is 386 Å². The van der Waals surface area contributed by atoms with Crippen LogP contribution in [0, 0.1) is 0 Å². The molecule has 0 unspecified atom stereocenters. The third-order valence-corrected chi connectivity index (χ3v) is 11.8. The molecule has 0 spiro atoms. The summed E-state index contributed by atoms with van der Waals surface area (Å²) >= 11 is 0. The van der Waals surface area contributed by atoms with Crippen molar-refractivity contribution in [2.75, 3.05) is 0 Å². The molecule has 0 bridgehead atoms. The van der Waals surface area contributed by atoms with Gasteiger partial charge in [0.05, 0.1) is 9.79 Å². The Morgan fingerprint density at radius 1 is 0.390 bits per heavy atom. The van der Waals surface area contributed by atoms with Gasteiger partial charge in [0.15, 0.2) is 0 Å². The summed E-state index contributed by atoms with van der Waals surface area (Å²) in [7, 11) is -8.86. The number of hydrogen-bond acceptors (Lipinski definition) is 8. The van der Waals surface area contributed by atoms with Crippen molar-refractivity contribution in [3.8, 4) is 23.0 Å². The van der Waals surface area contributed by atoms with E-state index in [4.69, 9.17) is 9.47 Å². The minimum absolute atomic E-state index is 0. The molecule has 0 aliphatic rings. The maximum absolute atomic E-state index is 11.0. The maximum Gasteiger partial charge on any atom is 2.00 e. The molecule has 0 fully saturated rings. The van der Waals surface area contributed by atoms with Gasteiger partial charge in [-0.1, -0.05) is 154 Å². The molecule has 0 aliphatic carbocycles. The molecular weight excluding hydrogens is 809 g/mol. The predicted octanol–water partition coefficient (Wildman–Crippen LogP) is 13.3. The van der Waals surface area contributed by atoms with Crippen LogP contribution in [0.1, 0.15) is 153 Å². The van der Waals surface area contributed by atoms with Crippen molar-refractivity contribution >= 4 is 58.0 Å². The van der Waals surface area contributed by atoms with Crippen LogP contribution in [-0.2, 0) is 33.1 Å². The van der Waals surface area contributed by atoms with Gasteiger partial charge in [-0.2, -0.15) is 0 Å². The topological polar surface area (TPSA) is 133 Å². The van der Waals surface area contributed by atoms with E-state index in [0.29, 0.717) is 23.0 Å². The summed E-state index contributed by atoms with van der Waals surface area (Å²) in [4.78, 5) is -0.501. The maximum atomic E-state index is 11.0. The zero-order valence-corrected chi connectivity index (χ0v) is 39.4. The summed E-state index contributed by atoms with van der Waals surface area (Å²) in [6, 6.07) is 27.0. The second-order valence-corrected chi connectivity index (χ2v) is 18.0. The van der Waals surface area contributed by atoms with E-state index in [2.05, 4.69) is 26.0 Å². The van der Waals surface area contributed by atoms with Crippen LogP contribution >= 0.6 is 0 Å². The van der Waals surface area contributed by atoms with Crippen molar-refractivity contribution in [2.45, 2.75) is 165 Å². The van der Waals surface area contributed by atoms with Crippen LogP contribution in [0.2, 0.25) is 0 Å². The van der Waals surface area contributed by atoms with Gasteiger partial charge in [-0.25, -0.2) is 16.8 Å². The first kappa shape index (κ1) is 52.7. The zero-order chi connectivity index (χ0) is 41.9. The smallest absolute Gasteiger partial charge is 0.744 e. The molecule has 0 N–H and O–H groups in total. The molecule has 4 aromatic carbocycles. The van der Waals surface area contributed by atoms with Crippen LogP contribution in [0.15, 0.2) is 107 Å². The van der Waals surface area contributed by atoms with Crippen LogP contribution in [0.25, 0.3) is 0 Å². The van der Waals surface area contributed by atoms with Crippen molar-refractivity contribution in [1.29, 1.82) is 0 Å². The fraction of sp³-hybridized carbons (Fsp3) is 0.500. The van der Waals surface area contributed by atoms with Crippen molar-refractivity contribution in [2.24, 2.45) is 0 Å². The van der Waals surface area contributed by atoms with Crippen LogP contribution < -0.4 is 9.47 Å². The van der Waals surface area contributed by atoms with Gasteiger partial charge in [0.1, 0.15) is 43.2 Å². The number of hydrogen-bond donors (Lipinski definition) is 0. The van der Waals surface area contributed by atoms with E-state index in [1.54, 1.807) is 0 Å². The third-order valence-electron chi connectivity index (χ3n) is 10.1. The van der Waals surface area contributed by atoms with E-state index in [1.165, 1.54) is 188 Å². The molecular formula is C48H66CaO8S2. The summed E-state index contributed by atoms with van der Waals surface area (Å²) in [5.74, 6) is 2.45. The molecule has 4 aromatic rings. The summed E-state index contributed by atoms with van der Waals surface area (Å²) in [5, 5.41) is 0. The quantitative estimate of drug-likeness (QED) is 0.0313. The summed E-state index contributed by atoms with van der Waals surface area (Å²) in [5.41, 5.74) is 2.47. The minimum atomic E-state index is -4.43. The minimum Gasteiger partial charge on any atom is -0.744 e. The monoisotopic (exact) mass is 874 g/mol. The van der Waals surface area contributed by atoms with E-state index in [-0.39, 0.29) is 47.5 Å². The number of benzene rings is 4. The molecule has 0 saturated heterocycles. The Morgan fingerprint density at radius 2 is 0.678 bits per heavy atom. The Bertz CT molecular complexity index is 1770. The van der Waals surface area contributed by atoms with Gasteiger partial charge >= 0.3 is 37.7 Å². The molecule has 59 heavy (non-hydrogen) atoms. The molecule has 11 heteroatoms. The SMILES string of the molecule is CCCCCCCCCCCCc1cccc(Oc2ccc(S(=O)(=O)[O-])cc2)c1.CCCCCCCCCCCCc1cccc(Oc2ccc(S(=O)(=O)[O-])cc2)c1.[Ca+2]. The van der Waals surface area contributed by atoms with Gasteiger partial charge in [0.2, 0.25) is 0 Å². The second kappa shape index (κ2) is 30.6. The van der Waals surface area contributed by atoms with Gasteiger partial charge in [-0.05, 0) is 110 Å². The average molecular weight is 875 g/mol. The number of unbranched alkanes of at least 4 members (excludes halogenated alkanes) is 18. The van der Waals surface area contributed by atoms with Crippen molar-refractivity contribution in [3.05, 3.63) is 108 Å². The van der Waals surface area contributed by atoms with E-state index in [9.17, 15) is 25.9 Å².